The number of fused-ring (bicyclic) bond motifs is 3. The van der Waals surface area contributed by atoms with Crippen molar-refractivity contribution in [1.82, 2.24) is 9.97 Å². The quantitative estimate of drug-likeness (QED) is 0.639. The van der Waals surface area contributed by atoms with E-state index < -0.39 is 0 Å². The number of hydrogen-bond acceptors (Lipinski definition) is 5. The molecule has 2 heterocycles. The Bertz CT molecular complexity index is 1060. The molecule has 0 bridgehead atoms. The number of nitrogens with zero attached hydrogens (tertiary/aromatic N) is 1. The van der Waals surface area contributed by atoms with Crippen LogP contribution in [-0.4, -0.2) is 21.7 Å². The van der Waals surface area contributed by atoms with Crippen molar-refractivity contribution in [1.29, 1.82) is 0 Å². The van der Waals surface area contributed by atoms with Crippen LogP contribution in [0.5, 0.6) is 11.5 Å². The second-order valence-electron chi connectivity index (χ2n) is 6.75. The van der Waals surface area contributed by atoms with Gasteiger partial charge in [0.05, 0.1) is 17.0 Å². The molecular weight excluding hydrogens is 384 g/mol. The molecule has 4 rings (SSSR count). The molecule has 0 unspecified atom stereocenters. The third-order valence-corrected chi connectivity index (χ3v) is 6.40. The summed E-state index contributed by atoms with van der Waals surface area (Å²) in [6.07, 6.45) is 6.70. The van der Waals surface area contributed by atoms with E-state index in [1.807, 2.05) is 6.92 Å². The minimum absolute atomic E-state index is 0.107. The summed E-state index contributed by atoms with van der Waals surface area (Å²) in [6.45, 7) is 2.22. The molecule has 27 heavy (non-hydrogen) atoms. The fourth-order valence-electron chi connectivity index (χ4n) is 3.63. The van der Waals surface area contributed by atoms with Crippen LogP contribution in [0.3, 0.4) is 0 Å². The van der Waals surface area contributed by atoms with E-state index in [0.717, 1.165) is 35.9 Å². The fraction of sp³-hybridized carbons (Fsp3) is 0.400. The Balaban J connectivity index is 1.86. The molecule has 142 valence electrons. The maximum absolute atomic E-state index is 12.9. The summed E-state index contributed by atoms with van der Waals surface area (Å²) in [6, 6.07) is 3.24. The molecule has 0 saturated carbocycles. The van der Waals surface area contributed by atoms with Gasteiger partial charge in [-0.05, 0) is 50.3 Å². The first-order chi connectivity index (χ1) is 13.1. The van der Waals surface area contributed by atoms with E-state index in [1.165, 1.54) is 23.3 Å². The van der Waals surface area contributed by atoms with Gasteiger partial charge in [-0.2, -0.15) is 0 Å². The van der Waals surface area contributed by atoms with Gasteiger partial charge < -0.3 is 14.8 Å². The number of phenols is 1. The van der Waals surface area contributed by atoms with Gasteiger partial charge in [0.15, 0.2) is 11.5 Å². The second-order valence-corrected chi connectivity index (χ2v) is 8.24. The zero-order valence-corrected chi connectivity index (χ0v) is 16.7. The molecule has 0 spiro atoms. The minimum Gasteiger partial charge on any atom is -0.503 e. The first-order valence-corrected chi connectivity index (χ1v) is 10.5. The molecule has 1 aliphatic carbocycles. The fourth-order valence-corrected chi connectivity index (χ4v) is 5.10. The molecule has 2 aromatic heterocycles. The third-order valence-electron chi connectivity index (χ3n) is 4.93. The molecule has 7 heteroatoms. The van der Waals surface area contributed by atoms with Gasteiger partial charge in [-0.15, -0.1) is 11.3 Å². The van der Waals surface area contributed by atoms with E-state index in [9.17, 15) is 9.90 Å². The first kappa shape index (κ1) is 18.3. The second kappa shape index (κ2) is 7.52. The number of phenolic OH excluding ortho intramolecular Hbond substituents is 1. The van der Waals surface area contributed by atoms with Crippen LogP contribution in [0.25, 0.3) is 21.6 Å². The van der Waals surface area contributed by atoms with Crippen LogP contribution < -0.4 is 10.3 Å². The van der Waals surface area contributed by atoms with Crippen LogP contribution in [0.4, 0.5) is 0 Å². The first-order valence-electron chi connectivity index (χ1n) is 9.28. The van der Waals surface area contributed by atoms with Gasteiger partial charge in [0.2, 0.25) is 0 Å². The van der Waals surface area contributed by atoms with Crippen LogP contribution in [0.15, 0.2) is 16.9 Å². The van der Waals surface area contributed by atoms with Crippen LogP contribution in [0.2, 0.25) is 5.02 Å². The predicted molar refractivity (Wildman–Crippen MR) is 109 cm³/mol. The van der Waals surface area contributed by atoms with Crippen molar-refractivity contribution in [2.45, 2.75) is 45.4 Å². The molecule has 1 aromatic carbocycles. The molecule has 0 saturated heterocycles. The average Bonchev–Trinajstić information content (AvgIpc) is 2.96. The lowest BCUT2D eigenvalue weighted by atomic mass is 9.98. The predicted octanol–water partition coefficient (Wildman–Crippen LogP) is 5.07. The van der Waals surface area contributed by atoms with Crippen molar-refractivity contribution in [3.05, 3.63) is 37.9 Å². The van der Waals surface area contributed by atoms with Crippen molar-refractivity contribution in [2.24, 2.45) is 0 Å². The SMILES string of the molecule is CCOc1cc(-c2nc3sc4c(c3c(=O)[nH]2)CCCCCC4)cc(Cl)c1O. The third kappa shape index (κ3) is 3.44. The summed E-state index contributed by atoms with van der Waals surface area (Å²) in [5, 5.41) is 10.9. The topological polar surface area (TPSA) is 75.2 Å². The molecule has 2 N–H and O–H groups in total. The molecule has 0 atom stereocenters. The molecule has 3 aromatic rings. The minimum atomic E-state index is -0.116. The highest BCUT2D eigenvalue weighted by molar-refractivity contribution is 7.18. The molecule has 0 amide bonds. The van der Waals surface area contributed by atoms with Crippen molar-refractivity contribution >= 4 is 33.2 Å². The zero-order chi connectivity index (χ0) is 19.0. The van der Waals surface area contributed by atoms with Gasteiger partial charge in [-0.3, -0.25) is 4.79 Å². The van der Waals surface area contributed by atoms with Crippen molar-refractivity contribution in [3.8, 4) is 22.9 Å². The molecule has 0 radical (unpaired) electrons. The van der Waals surface area contributed by atoms with Gasteiger partial charge >= 0.3 is 0 Å². The standard InChI is InChI=1S/C20H21ClN2O3S/c1-2-26-14-10-11(9-13(21)17(14)24)18-22-19(25)16-12-7-5-3-4-6-8-15(12)27-20(16)23-18/h9-10,24H,2-8H2,1H3,(H,22,23,25). The largest absolute Gasteiger partial charge is 0.503 e. The monoisotopic (exact) mass is 404 g/mol. The molecule has 1 aliphatic rings. The number of nitrogens with one attached hydrogen (secondary N) is 1. The Hall–Kier alpha value is -2.05. The van der Waals surface area contributed by atoms with Crippen LogP contribution in [0, 0.1) is 0 Å². The van der Waals surface area contributed by atoms with Crippen molar-refractivity contribution in [2.75, 3.05) is 6.61 Å². The number of halogens is 1. The summed E-state index contributed by atoms with van der Waals surface area (Å²) in [7, 11) is 0. The van der Waals surface area contributed by atoms with E-state index in [2.05, 4.69) is 4.98 Å². The highest BCUT2D eigenvalue weighted by Crippen LogP contribution is 2.38. The summed E-state index contributed by atoms with van der Waals surface area (Å²) < 4.78 is 5.44. The van der Waals surface area contributed by atoms with Gasteiger partial charge in [0.1, 0.15) is 10.7 Å². The maximum Gasteiger partial charge on any atom is 0.260 e. The van der Waals surface area contributed by atoms with E-state index in [1.54, 1.807) is 23.5 Å². The van der Waals surface area contributed by atoms with Gasteiger partial charge in [0.25, 0.3) is 5.56 Å². The van der Waals surface area contributed by atoms with Gasteiger partial charge in [0, 0.05) is 10.4 Å². The summed E-state index contributed by atoms with van der Waals surface area (Å²) in [5.74, 6) is 0.607. The number of thiophene rings is 1. The number of aromatic hydroxyl groups is 1. The van der Waals surface area contributed by atoms with Gasteiger partial charge in [-0.25, -0.2) is 4.98 Å². The number of H-pyrrole nitrogens is 1. The van der Waals surface area contributed by atoms with E-state index in [4.69, 9.17) is 21.3 Å². The Morgan fingerprint density at radius 2 is 2.04 bits per heavy atom. The number of aromatic amines is 1. The number of ether oxygens (including phenoxy) is 1. The molecule has 5 nitrogen and oxygen atoms in total. The highest BCUT2D eigenvalue weighted by atomic mass is 35.5. The van der Waals surface area contributed by atoms with Crippen LogP contribution in [0.1, 0.15) is 43.0 Å². The van der Waals surface area contributed by atoms with E-state index in [0.29, 0.717) is 18.0 Å². The number of aromatic nitrogens is 2. The highest BCUT2D eigenvalue weighted by Gasteiger charge is 2.19. The smallest absolute Gasteiger partial charge is 0.260 e. The normalized spacial score (nSPS) is 14.6. The Morgan fingerprint density at radius 1 is 1.26 bits per heavy atom. The Morgan fingerprint density at radius 3 is 2.81 bits per heavy atom. The summed E-state index contributed by atoms with van der Waals surface area (Å²) in [5.41, 5.74) is 1.67. The maximum atomic E-state index is 12.9. The summed E-state index contributed by atoms with van der Waals surface area (Å²) in [4.78, 5) is 22.5. The lowest BCUT2D eigenvalue weighted by Crippen LogP contribution is -2.10. The molecular formula is C20H21ClN2O3S. The van der Waals surface area contributed by atoms with Crippen LogP contribution >= 0.6 is 22.9 Å². The Labute approximate surface area is 166 Å². The van der Waals surface area contributed by atoms with Crippen molar-refractivity contribution in [3.63, 3.8) is 0 Å². The lowest BCUT2D eigenvalue weighted by molar-refractivity contribution is 0.318. The zero-order valence-electron chi connectivity index (χ0n) is 15.1. The molecule has 0 aliphatic heterocycles. The van der Waals surface area contributed by atoms with Crippen molar-refractivity contribution < 1.29 is 9.84 Å². The number of aryl methyl sites for hydroxylation is 2. The lowest BCUT2D eigenvalue weighted by Gasteiger charge is -2.10. The van der Waals surface area contributed by atoms with E-state index in [-0.39, 0.29) is 22.1 Å². The summed E-state index contributed by atoms with van der Waals surface area (Å²) >= 11 is 7.76. The van der Waals surface area contributed by atoms with E-state index >= 15 is 0 Å². The van der Waals surface area contributed by atoms with Crippen LogP contribution in [-0.2, 0) is 12.8 Å². The Kier molecular flexibility index (Phi) is 5.10. The molecule has 0 fully saturated rings. The number of hydrogen-bond donors (Lipinski definition) is 2. The number of rotatable bonds is 3. The number of benzene rings is 1. The average molecular weight is 405 g/mol. The van der Waals surface area contributed by atoms with Gasteiger partial charge in [-0.1, -0.05) is 24.4 Å².